The molecule has 2 rings (SSSR count). The van der Waals surface area contributed by atoms with Crippen molar-refractivity contribution < 1.29 is 9.53 Å². The summed E-state index contributed by atoms with van der Waals surface area (Å²) in [5.74, 6) is -0.499. The van der Waals surface area contributed by atoms with E-state index in [1.165, 1.54) is 18.9 Å². The molecule has 0 aliphatic heterocycles. The van der Waals surface area contributed by atoms with Crippen molar-refractivity contribution >= 4 is 23.4 Å². The number of methoxy groups -OCH3 is 1. The van der Waals surface area contributed by atoms with Crippen LogP contribution >= 0.6 is 11.8 Å². The average molecular weight is 349 g/mol. The molecule has 0 spiro atoms. The molecule has 0 saturated carbocycles. The van der Waals surface area contributed by atoms with Crippen molar-refractivity contribution in [3.05, 3.63) is 56.2 Å². The molecule has 0 unspecified atom stereocenters. The minimum atomic E-state index is -0.763. The Hall–Kier alpha value is -2.32. The van der Waals surface area contributed by atoms with Crippen LogP contribution in [-0.2, 0) is 11.3 Å². The second kappa shape index (κ2) is 7.98. The molecule has 8 heteroatoms. The Balaban J connectivity index is 2.25. The third-order valence-electron chi connectivity index (χ3n) is 3.40. The third kappa shape index (κ3) is 4.15. The van der Waals surface area contributed by atoms with Crippen LogP contribution in [0.4, 0.5) is 5.82 Å². The molecule has 0 aliphatic carbocycles. The highest BCUT2D eigenvalue weighted by molar-refractivity contribution is 8.00. The number of nitrogens with one attached hydrogen (secondary N) is 1. The number of thioether (sulfide) groups is 1. The molecule has 1 heterocycles. The van der Waals surface area contributed by atoms with Crippen LogP contribution in [0.25, 0.3) is 0 Å². The fourth-order valence-corrected chi connectivity index (χ4v) is 3.07. The zero-order chi connectivity index (χ0) is 17.7. The van der Waals surface area contributed by atoms with Gasteiger partial charge in [-0.1, -0.05) is 17.7 Å². The molecule has 1 aromatic heterocycles. The van der Waals surface area contributed by atoms with Gasteiger partial charge in [0.2, 0.25) is 0 Å². The van der Waals surface area contributed by atoms with E-state index in [9.17, 15) is 14.4 Å². The molecule has 128 valence electrons. The van der Waals surface area contributed by atoms with Crippen LogP contribution in [0, 0.1) is 6.92 Å². The quantitative estimate of drug-likeness (QED) is 0.571. The highest BCUT2D eigenvalue weighted by atomic mass is 32.2. The van der Waals surface area contributed by atoms with Crippen molar-refractivity contribution in [2.45, 2.75) is 18.4 Å². The summed E-state index contributed by atoms with van der Waals surface area (Å²) in [5.41, 5.74) is 5.35. The maximum atomic E-state index is 12.4. The predicted molar refractivity (Wildman–Crippen MR) is 93.8 cm³/mol. The van der Waals surface area contributed by atoms with Gasteiger partial charge in [-0.3, -0.25) is 19.1 Å². The third-order valence-corrected chi connectivity index (χ3v) is 4.39. The number of anilines is 1. The van der Waals surface area contributed by atoms with Gasteiger partial charge in [-0.2, -0.15) is 0 Å². The minimum Gasteiger partial charge on any atom is -0.384 e. The molecule has 0 radical (unpaired) electrons. The molecular formula is C16H19N3O4S. The largest absolute Gasteiger partial charge is 0.384 e. The summed E-state index contributed by atoms with van der Waals surface area (Å²) in [4.78, 5) is 39.3. The van der Waals surface area contributed by atoms with E-state index in [1.807, 2.05) is 31.2 Å². The second-order valence-corrected chi connectivity index (χ2v) is 6.24. The zero-order valence-electron chi connectivity index (χ0n) is 13.5. The Morgan fingerprint density at radius 3 is 2.79 bits per heavy atom. The van der Waals surface area contributed by atoms with E-state index < -0.39 is 17.0 Å². The lowest BCUT2D eigenvalue weighted by Crippen LogP contribution is -2.37. The average Bonchev–Trinajstić information content (AvgIpc) is 2.52. The van der Waals surface area contributed by atoms with E-state index in [4.69, 9.17) is 10.5 Å². The number of ketones is 1. The summed E-state index contributed by atoms with van der Waals surface area (Å²) in [5, 5.41) is 0. The van der Waals surface area contributed by atoms with Crippen LogP contribution in [0.1, 0.15) is 15.9 Å². The van der Waals surface area contributed by atoms with E-state index in [-0.39, 0.29) is 30.3 Å². The zero-order valence-corrected chi connectivity index (χ0v) is 14.3. The first kappa shape index (κ1) is 18.0. The SMILES string of the molecule is COCCn1c(N)c(C(=O)CSc2cccc(C)c2)c(=O)[nH]c1=O. The predicted octanol–water partition coefficient (Wildman–Crippen LogP) is 1.05. The molecule has 0 fully saturated rings. The van der Waals surface area contributed by atoms with E-state index in [0.717, 1.165) is 15.0 Å². The lowest BCUT2D eigenvalue weighted by Gasteiger charge is -2.11. The molecule has 0 atom stereocenters. The molecule has 0 bridgehead atoms. The Morgan fingerprint density at radius 1 is 1.38 bits per heavy atom. The number of ether oxygens (including phenoxy) is 1. The monoisotopic (exact) mass is 349 g/mol. The maximum absolute atomic E-state index is 12.4. The summed E-state index contributed by atoms with van der Waals surface area (Å²) < 4.78 is 6.04. The Bertz CT molecular complexity index is 857. The van der Waals surface area contributed by atoms with Crippen molar-refractivity contribution in [1.29, 1.82) is 0 Å². The normalized spacial score (nSPS) is 10.8. The van der Waals surface area contributed by atoms with Gasteiger partial charge in [0, 0.05) is 12.0 Å². The molecule has 0 saturated heterocycles. The van der Waals surface area contributed by atoms with Crippen LogP contribution in [0.2, 0.25) is 0 Å². The van der Waals surface area contributed by atoms with Crippen LogP contribution in [0.15, 0.2) is 38.8 Å². The Labute approximate surface area is 142 Å². The summed E-state index contributed by atoms with van der Waals surface area (Å²) in [6.07, 6.45) is 0. The van der Waals surface area contributed by atoms with Crippen LogP contribution in [0.3, 0.4) is 0 Å². The Morgan fingerprint density at radius 2 is 2.12 bits per heavy atom. The van der Waals surface area contributed by atoms with Crippen molar-refractivity contribution in [3.8, 4) is 0 Å². The molecular weight excluding hydrogens is 330 g/mol. The maximum Gasteiger partial charge on any atom is 0.330 e. The molecule has 2 aromatic rings. The van der Waals surface area contributed by atoms with E-state index in [1.54, 1.807) is 0 Å². The molecule has 1 aromatic carbocycles. The number of H-pyrrole nitrogens is 1. The standard InChI is InChI=1S/C16H19N3O4S/c1-10-4-3-5-11(8-10)24-9-12(20)13-14(17)19(6-7-23-2)16(22)18-15(13)21/h3-5,8H,6-7,9,17H2,1-2H3,(H,18,21,22). The topological polar surface area (TPSA) is 107 Å². The van der Waals surface area contributed by atoms with E-state index >= 15 is 0 Å². The van der Waals surface area contributed by atoms with Crippen LogP contribution < -0.4 is 17.0 Å². The number of carbonyl (C=O) groups excluding carboxylic acids is 1. The molecule has 3 N–H and O–H groups in total. The first-order valence-electron chi connectivity index (χ1n) is 7.28. The number of nitrogen functional groups attached to an aromatic ring is 1. The van der Waals surface area contributed by atoms with Crippen LogP contribution in [0.5, 0.6) is 0 Å². The highest BCUT2D eigenvalue weighted by Crippen LogP contribution is 2.20. The van der Waals surface area contributed by atoms with Gasteiger partial charge in [0.05, 0.1) is 18.9 Å². The first-order valence-corrected chi connectivity index (χ1v) is 8.26. The summed E-state index contributed by atoms with van der Waals surface area (Å²) in [7, 11) is 1.48. The number of Topliss-reactive ketones (excluding diaryl/α,β-unsaturated/α-hetero) is 1. The number of hydrogen-bond acceptors (Lipinski definition) is 6. The number of nitrogens with zero attached hydrogens (tertiary/aromatic N) is 1. The fourth-order valence-electron chi connectivity index (χ4n) is 2.19. The summed E-state index contributed by atoms with van der Waals surface area (Å²) in [6.45, 7) is 2.35. The second-order valence-electron chi connectivity index (χ2n) is 5.19. The lowest BCUT2D eigenvalue weighted by molar-refractivity contribution is 0.102. The number of benzene rings is 1. The first-order chi connectivity index (χ1) is 11.4. The van der Waals surface area contributed by atoms with Crippen molar-refractivity contribution in [3.63, 3.8) is 0 Å². The van der Waals surface area contributed by atoms with Gasteiger partial charge >= 0.3 is 5.69 Å². The van der Waals surface area contributed by atoms with Crippen molar-refractivity contribution in [2.75, 3.05) is 25.2 Å². The number of aryl methyl sites for hydroxylation is 1. The molecule has 24 heavy (non-hydrogen) atoms. The highest BCUT2D eigenvalue weighted by Gasteiger charge is 2.19. The summed E-state index contributed by atoms with van der Waals surface area (Å²) in [6, 6.07) is 7.69. The van der Waals surface area contributed by atoms with Gasteiger partial charge in [0.1, 0.15) is 11.4 Å². The fraction of sp³-hybridized carbons (Fsp3) is 0.312. The number of carbonyl (C=O) groups is 1. The van der Waals surface area contributed by atoms with Gasteiger partial charge in [0.25, 0.3) is 5.56 Å². The number of rotatable bonds is 7. The van der Waals surface area contributed by atoms with Gasteiger partial charge in [-0.25, -0.2) is 4.79 Å². The Kier molecular flexibility index (Phi) is 5.99. The van der Waals surface area contributed by atoms with Crippen molar-refractivity contribution in [1.82, 2.24) is 9.55 Å². The van der Waals surface area contributed by atoms with Gasteiger partial charge < -0.3 is 10.5 Å². The van der Waals surface area contributed by atoms with E-state index in [2.05, 4.69) is 4.98 Å². The van der Waals surface area contributed by atoms with Crippen molar-refractivity contribution in [2.24, 2.45) is 0 Å². The lowest BCUT2D eigenvalue weighted by atomic mass is 10.2. The number of aromatic nitrogens is 2. The smallest absolute Gasteiger partial charge is 0.330 e. The van der Waals surface area contributed by atoms with E-state index in [0.29, 0.717) is 0 Å². The number of hydrogen-bond donors (Lipinski definition) is 2. The molecule has 0 amide bonds. The van der Waals surface area contributed by atoms with Gasteiger partial charge in [0.15, 0.2) is 5.78 Å². The number of nitrogens with two attached hydrogens (primary N) is 1. The van der Waals surface area contributed by atoms with Gasteiger partial charge in [-0.15, -0.1) is 11.8 Å². The minimum absolute atomic E-state index is 0.0548. The number of aromatic amines is 1. The molecule has 7 nitrogen and oxygen atoms in total. The molecule has 0 aliphatic rings. The van der Waals surface area contributed by atoms with Crippen LogP contribution in [-0.4, -0.2) is 34.8 Å². The van der Waals surface area contributed by atoms with Gasteiger partial charge in [-0.05, 0) is 19.1 Å². The summed E-state index contributed by atoms with van der Waals surface area (Å²) >= 11 is 1.31.